The number of amides is 1. The van der Waals surface area contributed by atoms with Gasteiger partial charge in [-0.25, -0.2) is 4.79 Å². The molecule has 5 nitrogen and oxygen atoms in total. The fourth-order valence-corrected chi connectivity index (χ4v) is 2.50. The minimum absolute atomic E-state index is 0.359. The average Bonchev–Trinajstić information content (AvgIpc) is 2.59. The first kappa shape index (κ1) is 13.1. The zero-order chi connectivity index (χ0) is 14.2. The molecule has 5 heteroatoms. The minimum atomic E-state index is -0.546. The van der Waals surface area contributed by atoms with Crippen LogP contribution < -0.4 is 5.73 Å². The Labute approximate surface area is 110 Å². The Morgan fingerprint density at radius 3 is 2.53 bits per heavy atom. The van der Waals surface area contributed by atoms with E-state index in [1.54, 1.807) is 13.8 Å². The van der Waals surface area contributed by atoms with E-state index in [9.17, 15) is 9.59 Å². The van der Waals surface area contributed by atoms with Crippen molar-refractivity contribution in [2.24, 2.45) is 5.73 Å². The summed E-state index contributed by atoms with van der Waals surface area (Å²) >= 11 is 0. The first-order valence-electron chi connectivity index (χ1n) is 6.00. The number of carbonyl (C=O) groups excluding carboxylic acids is 2. The monoisotopic (exact) mass is 260 g/mol. The number of ether oxygens (including phenoxy) is 1. The highest BCUT2D eigenvalue weighted by Gasteiger charge is 2.22. The lowest BCUT2D eigenvalue weighted by Gasteiger charge is -2.12. The maximum atomic E-state index is 11.6. The molecule has 2 aromatic rings. The van der Waals surface area contributed by atoms with Crippen molar-refractivity contribution in [1.82, 2.24) is 4.57 Å². The van der Waals surface area contributed by atoms with Crippen LogP contribution in [-0.4, -0.2) is 16.6 Å². The van der Waals surface area contributed by atoms with E-state index in [0.29, 0.717) is 5.69 Å². The van der Waals surface area contributed by atoms with E-state index in [4.69, 9.17) is 10.5 Å². The number of hydrogen-bond donors (Lipinski definition) is 1. The van der Waals surface area contributed by atoms with Gasteiger partial charge in [-0.2, -0.15) is 0 Å². The SMILES string of the molecule is CC(=O)OC(C)c1c(C)n(C(N)=O)c2ccccc12. The molecule has 2 rings (SSSR count). The highest BCUT2D eigenvalue weighted by atomic mass is 16.5. The lowest BCUT2D eigenvalue weighted by atomic mass is 10.1. The van der Waals surface area contributed by atoms with Gasteiger partial charge in [0.05, 0.1) is 5.52 Å². The lowest BCUT2D eigenvalue weighted by Crippen LogP contribution is -2.20. The van der Waals surface area contributed by atoms with Crippen LogP contribution in [0.2, 0.25) is 0 Å². The molecule has 100 valence electrons. The summed E-state index contributed by atoms with van der Waals surface area (Å²) in [6.07, 6.45) is -0.428. The van der Waals surface area contributed by atoms with Crippen LogP contribution in [0.15, 0.2) is 24.3 Å². The smallest absolute Gasteiger partial charge is 0.323 e. The van der Waals surface area contributed by atoms with Gasteiger partial charge in [0.1, 0.15) is 6.10 Å². The van der Waals surface area contributed by atoms with Crippen molar-refractivity contribution in [1.29, 1.82) is 0 Å². The summed E-state index contributed by atoms with van der Waals surface area (Å²) in [5, 5.41) is 0.868. The number of hydrogen-bond acceptors (Lipinski definition) is 3. The van der Waals surface area contributed by atoms with E-state index in [1.165, 1.54) is 11.5 Å². The third kappa shape index (κ3) is 2.19. The number of fused-ring (bicyclic) bond motifs is 1. The van der Waals surface area contributed by atoms with E-state index in [2.05, 4.69) is 0 Å². The Balaban J connectivity index is 2.70. The molecular weight excluding hydrogens is 244 g/mol. The molecule has 1 amide bonds. The second-order valence-corrected chi connectivity index (χ2v) is 4.44. The molecule has 0 saturated carbocycles. The summed E-state index contributed by atoms with van der Waals surface area (Å²) in [6, 6.07) is 6.86. The van der Waals surface area contributed by atoms with Crippen molar-refractivity contribution in [3.8, 4) is 0 Å². The number of esters is 1. The van der Waals surface area contributed by atoms with Gasteiger partial charge in [-0.05, 0) is 19.9 Å². The summed E-state index contributed by atoms with van der Waals surface area (Å²) in [5.74, 6) is -0.359. The van der Waals surface area contributed by atoms with E-state index in [0.717, 1.165) is 16.5 Å². The summed E-state index contributed by atoms with van der Waals surface area (Å²) < 4.78 is 6.65. The highest BCUT2D eigenvalue weighted by Crippen LogP contribution is 2.32. The van der Waals surface area contributed by atoms with Crippen LogP contribution in [0.25, 0.3) is 10.9 Å². The summed E-state index contributed by atoms with van der Waals surface area (Å²) in [6.45, 7) is 4.93. The number of benzene rings is 1. The van der Waals surface area contributed by atoms with Gasteiger partial charge < -0.3 is 10.5 Å². The zero-order valence-corrected chi connectivity index (χ0v) is 11.1. The van der Waals surface area contributed by atoms with Crippen LogP contribution in [0.5, 0.6) is 0 Å². The number of para-hydroxylation sites is 1. The first-order valence-corrected chi connectivity index (χ1v) is 6.00. The van der Waals surface area contributed by atoms with Crippen molar-refractivity contribution in [2.45, 2.75) is 26.9 Å². The van der Waals surface area contributed by atoms with Crippen LogP contribution in [-0.2, 0) is 9.53 Å². The molecule has 0 aliphatic carbocycles. The van der Waals surface area contributed by atoms with Gasteiger partial charge in [-0.15, -0.1) is 0 Å². The Kier molecular flexibility index (Phi) is 3.29. The summed E-state index contributed by atoms with van der Waals surface area (Å²) in [7, 11) is 0. The normalized spacial score (nSPS) is 12.4. The van der Waals surface area contributed by atoms with Crippen molar-refractivity contribution in [2.75, 3.05) is 0 Å². The zero-order valence-electron chi connectivity index (χ0n) is 11.1. The molecule has 19 heavy (non-hydrogen) atoms. The molecule has 0 saturated heterocycles. The van der Waals surface area contributed by atoms with E-state index >= 15 is 0 Å². The molecule has 1 atom stereocenters. The van der Waals surface area contributed by atoms with Crippen molar-refractivity contribution < 1.29 is 14.3 Å². The maximum Gasteiger partial charge on any atom is 0.323 e. The van der Waals surface area contributed by atoms with Gasteiger partial charge in [0.25, 0.3) is 0 Å². The van der Waals surface area contributed by atoms with E-state index in [-0.39, 0.29) is 5.97 Å². The highest BCUT2D eigenvalue weighted by molar-refractivity contribution is 5.95. The molecule has 2 N–H and O–H groups in total. The molecule has 0 fully saturated rings. The summed E-state index contributed by atoms with van der Waals surface area (Å²) in [5.41, 5.74) is 7.64. The Hall–Kier alpha value is -2.30. The quantitative estimate of drug-likeness (QED) is 0.843. The molecule has 1 aromatic heterocycles. The Morgan fingerprint density at radius 1 is 1.32 bits per heavy atom. The number of carbonyl (C=O) groups is 2. The molecule has 0 spiro atoms. The molecule has 0 bridgehead atoms. The van der Waals surface area contributed by atoms with Gasteiger partial charge in [-0.3, -0.25) is 9.36 Å². The fourth-order valence-electron chi connectivity index (χ4n) is 2.50. The maximum absolute atomic E-state index is 11.6. The van der Waals surface area contributed by atoms with Gasteiger partial charge in [-0.1, -0.05) is 18.2 Å². The Bertz CT molecular complexity index is 658. The molecule has 0 aliphatic rings. The number of nitrogens with two attached hydrogens (primary N) is 1. The fraction of sp³-hybridized carbons (Fsp3) is 0.286. The molecular formula is C14H16N2O3. The molecule has 1 heterocycles. The first-order chi connectivity index (χ1) is 8.93. The molecule has 0 aliphatic heterocycles. The van der Waals surface area contributed by atoms with Crippen molar-refractivity contribution >= 4 is 22.9 Å². The van der Waals surface area contributed by atoms with E-state index < -0.39 is 12.1 Å². The minimum Gasteiger partial charge on any atom is -0.458 e. The van der Waals surface area contributed by atoms with Crippen LogP contribution in [0.3, 0.4) is 0 Å². The topological polar surface area (TPSA) is 74.3 Å². The number of primary amides is 1. The standard InChI is InChI=1S/C14H16N2O3/c1-8-13(9(2)19-10(3)17)11-6-4-5-7-12(11)16(8)14(15)18/h4-7,9H,1-3H3,(H2,15,18). The van der Waals surface area contributed by atoms with E-state index in [1.807, 2.05) is 24.3 Å². The number of rotatable bonds is 2. The van der Waals surface area contributed by atoms with Crippen LogP contribution in [0.4, 0.5) is 4.79 Å². The third-order valence-electron chi connectivity index (χ3n) is 3.13. The van der Waals surface area contributed by atoms with Crippen molar-refractivity contribution in [3.63, 3.8) is 0 Å². The predicted molar refractivity (Wildman–Crippen MR) is 71.8 cm³/mol. The lowest BCUT2D eigenvalue weighted by molar-refractivity contribution is -0.145. The summed E-state index contributed by atoms with van der Waals surface area (Å²) in [4.78, 5) is 22.7. The molecule has 1 aromatic carbocycles. The molecule has 1 unspecified atom stereocenters. The van der Waals surface area contributed by atoms with Crippen LogP contribution >= 0.6 is 0 Å². The van der Waals surface area contributed by atoms with Gasteiger partial charge in [0.15, 0.2) is 0 Å². The Morgan fingerprint density at radius 2 is 1.95 bits per heavy atom. The third-order valence-corrected chi connectivity index (χ3v) is 3.13. The predicted octanol–water partition coefficient (Wildman–Crippen LogP) is 2.50. The van der Waals surface area contributed by atoms with Crippen LogP contribution in [0, 0.1) is 6.92 Å². The number of aromatic nitrogens is 1. The van der Waals surface area contributed by atoms with Gasteiger partial charge in [0.2, 0.25) is 0 Å². The van der Waals surface area contributed by atoms with Crippen molar-refractivity contribution in [3.05, 3.63) is 35.5 Å². The average molecular weight is 260 g/mol. The molecule has 0 radical (unpaired) electrons. The second-order valence-electron chi connectivity index (χ2n) is 4.44. The van der Waals surface area contributed by atoms with Gasteiger partial charge >= 0.3 is 12.0 Å². The van der Waals surface area contributed by atoms with Gasteiger partial charge in [0, 0.05) is 23.6 Å². The second kappa shape index (κ2) is 4.76. The largest absolute Gasteiger partial charge is 0.458 e. The van der Waals surface area contributed by atoms with Crippen LogP contribution in [0.1, 0.15) is 31.2 Å². The number of nitrogens with zero attached hydrogens (tertiary/aromatic N) is 1.